The van der Waals surface area contributed by atoms with Gasteiger partial charge in [-0.3, -0.25) is 4.31 Å². The van der Waals surface area contributed by atoms with E-state index < -0.39 is 10.0 Å². The fourth-order valence-electron chi connectivity index (χ4n) is 2.63. The van der Waals surface area contributed by atoms with Crippen LogP contribution in [0.5, 0.6) is 11.5 Å². The van der Waals surface area contributed by atoms with Crippen molar-refractivity contribution in [2.45, 2.75) is 18.7 Å². The Hall–Kier alpha value is -1.92. The molecule has 0 N–H and O–H groups in total. The molecule has 0 atom stereocenters. The number of benzene rings is 2. The second-order valence-electron chi connectivity index (χ2n) is 5.41. The molecular weight excluding hydrogens is 350 g/mol. The first-order chi connectivity index (χ1) is 11.4. The molecule has 0 spiro atoms. The number of nitrogens with zero attached hydrogens (tertiary/aromatic N) is 1. The normalized spacial score (nSPS) is 13.6. The number of aryl methyl sites for hydroxylation is 1. The fourth-order valence-corrected chi connectivity index (χ4v) is 4.34. The van der Waals surface area contributed by atoms with E-state index in [0.717, 1.165) is 5.56 Å². The van der Waals surface area contributed by atoms with E-state index in [4.69, 9.17) is 21.1 Å². The molecule has 2 aromatic carbocycles. The van der Waals surface area contributed by atoms with Crippen molar-refractivity contribution < 1.29 is 17.9 Å². The van der Waals surface area contributed by atoms with Gasteiger partial charge in [-0.05, 0) is 43.7 Å². The number of hydrogen-bond acceptors (Lipinski definition) is 4. The van der Waals surface area contributed by atoms with Gasteiger partial charge >= 0.3 is 0 Å². The molecule has 0 aliphatic carbocycles. The summed E-state index contributed by atoms with van der Waals surface area (Å²) in [5.74, 6) is 1.00. The summed E-state index contributed by atoms with van der Waals surface area (Å²) < 4.78 is 38.5. The molecule has 3 rings (SSSR count). The smallest absolute Gasteiger partial charge is 0.264 e. The van der Waals surface area contributed by atoms with Crippen LogP contribution in [0.2, 0.25) is 5.02 Å². The Labute approximate surface area is 146 Å². The predicted molar refractivity (Wildman–Crippen MR) is 93.8 cm³/mol. The predicted octanol–water partition coefficient (Wildman–Crippen LogP) is 3.63. The van der Waals surface area contributed by atoms with Gasteiger partial charge in [-0.2, -0.15) is 0 Å². The quantitative estimate of drug-likeness (QED) is 0.828. The third-order valence-electron chi connectivity index (χ3n) is 3.83. The average molecular weight is 368 g/mol. The fraction of sp³-hybridized carbons (Fsp3) is 0.294. The molecule has 0 radical (unpaired) electrons. The maximum atomic E-state index is 13.1. The Morgan fingerprint density at radius 3 is 2.50 bits per heavy atom. The van der Waals surface area contributed by atoms with Crippen LogP contribution in [0, 0.1) is 6.92 Å². The highest BCUT2D eigenvalue weighted by molar-refractivity contribution is 7.92. The summed E-state index contributed by atoms with van der Waals surface area (Å²) in [5.41, 5.74) is 1.40. The monoisotopic (exact) mass is 367 g/mol. The van der Waals surface area contributed by atoms with Gasteiger partial charge in [-0.1, -0.05) is 17.7 Å². The highest BCUT2D eigenvalue weighted by atomic mass is 35.5. The maximum Gasteiger partial charge on any atom is 0.264 e. The molecule has 0 saturated carbocycles. The van der Waals surface area contributed by atoms with Crippen molar-refractivity contribution in [1.29, 1.82) is 0 Å². The molecule has 5 nitrogen and oxygen atoms in total. The largest absolute Gasteiger partial charge is 0.486 e. The lowest BCUT2D eigenvalue weighted by atomic mass is 10.2. The van der Waals surface area contributed by atoms with Crippen LogP contribution in [-0.2, 0) is 10.0 Å². The molecular formula is C17H18ClNO4S. The third-order valence-corrected chi connectivity index (χ3v) is 5.95. The molecule has 2 aromatic rings. The van der Waals surface area contributed by atoms with E-state index in [9.17, 15) is 8.42 Å². The summed E-state index contributed by atoms with van der Waals surface area (Å²) >= 11 is 6.05. The third kappa shape index (κ3) is 3.03. The van der Waals surface area contributed by atoms with Crippen molar-refractivity contribution in [3.05, 3.63) is 47.0 Å². The van der Waals surface area contributed by atoms with Crippen LogP contribution in [0.4, 0.5) is 5.69 Å². The number of sulfonamides is 1. The molecule has 128 valence electrons. The molecule has 24 heavy (non-hydrogen) atoms. The Morgan fingerprint density at radius 2 is 1.79 bits per heavy atom. The van der Waals surface area contributed by atoms with Crippen LogP contribution in [0.15, 0.2) is 41.3 Å². The molecule has 0 bridgehead atoms. The van der Waals surface area contributed by atoms with E-state index in [1.54, 1.807) is 31.2 Å². The summed E-state index contributed by atoms with van der Waals surface area (Å²) in [6.07, 6.45) is 0. The standard InChI is InChI=1S/C17H18ClNO4S/c1-3-19(15-10-13(18)5-4-12(15)2)24(20,21)14-6-7-16-17(11-14)23-9-8-22-16/h4-7,10-11H,3,8-9H2,1-2H3. The van der Waals surface area contributed by atoms with Crippen molar-refractivity contribution >= 4 is 27.3 Å². The minimum Gasteiger partial charge on any atom is -0.486 e. The SMILES string of the molecule is CCN(c1cc(Cl)ccc1C)S(=O)(=O)c1ccc2c(c1)OCCO2. The highest BCUT2D eigenvalue weighted by Crippen LogP contribution is 2.35. The van der Waals surface area contributed by atoms with Crippen molar-refractivity contribution in [1.82, 2.24) is 0 Å². The van der Waals surface area contributed by atoms with Crippen LogP contribution in [0.3, 0.4) is 0 Å². The molecule has 1 heterocycles. The lowest BCUT2D eigenvalue weighted by Crippen LogP contribution is -2.31. The number of hydrogen-bond donors (Lipinski definition) is 0. The van der Waals surface area contributed by atoms with Crippen LogP contribution >= 0.6 is 11.6 Å². The van der Waals surface area contributed by atoms with E-state index in [0.29, 0.717) is 35.4 Å². The number of fused-ring (bicyclic) bond motifs is 1. The van der Waals surface area contributed by atoms with Gasteiger partial charge in [0.15, 0.2) is 11.5 Å². The van der Waals surface area contributed by atoms with Gasteiger partial charge in [0.25, 0.3) is 10.0 Å². The number of halogens is 1. The van der Waals surface area contributed by atoms with Crippen molar-refractivity contribution in [2.24, 2.45) is 0 Å². The highest BCUT2D eigenvalue weighted by Gasteiger charge is 2.27. The van der Waals surface area contributed by atoms with Crippen molar-refractivity contribution in [3.8, 4) is 11.5 Å². The van der Waals surface area contributed by atoms with Crippen molar-refractivity contribution in [2.75, 3.05) is 24.1 Å². The van der Waals surface area contributed by atoms with Gasteiger partial charge < -0.3 is 9.47 Å². The maximum absolute atomic E-state index is 13.1. The molecule has 7 heteroatoms. The Bertz CT molecular complexity index is 867. The van der Waals surface area contributed by atoms with Crippen LogP contribution < -0.4 is 13.8 Å². The van der Waals surface area contributed by atoms with Gasteiger partial charge in [0.1, 0.15) is 13.2 Å². The van der Waals surface area contributed by atoms with E-state index in [-0.39, 0.29) is 11.4 Å². The van der Waals surface area contributed by atoms with E-state index in [2.05, 4.69) is 0 Å². The summed E-state index contributed by atoms with van der Waals surface area (Å²) in [4.78, 5) is 0.160. The van der Waals surface area contributed by atoms with E-state index >= 15 is 0 Å². The van der Waals surface area contributed by atoms with Crippen LogP contribution in [0.25, 0.3) is 0 Å². The molecule has 1 aliphatic heterocycles. The van der Waals surface area contributed by atoms with Gasteiger partial charge in [-0.25, -0.2) is 8.42 Å². The number of anilines is 1. The van der Waals surface area contributed by atoms with E-state index in [1.165, 1.54) is 16.4 Å². The first kappa shape index (κ1) is 16.9. The molecule has 0 amide bonds. The summed E-state index contributed by atoms with van der Waals surface area (Å²) in [6.45, 7) is 4.80. The van der Waals surface area contributed by atoms with Crippen LogP contribution in [-0.4, -0.2) is 28.2 Å². The van der Waals surface area contributed by atoms with Crippen LogP contribution in [0.1, 0.15) is 12.5 Å². The first-order valence-electron chi connectivity index (χ1n) is 7.62. The molecule has 0 saturated heterocycles. The summed E-state index contributed by atoms with van der Waals surface area (Å²) in [5, 5.41) is 0.492. The average Bonchev–Trinajstić information content (AvgIpc) is 2.58. The summed E-state index contributed by atoms with van der Waals surface area (Å²) in [6, 6.07) is 9.87. The van der Waals surface area contributed by atoms with Gasteiger partial charge in [-0.15, -0.1) is 0 Å². The Balaban J connectivity index is 2.06. The van der Waals surface area contributed by atoms with Crippen molar-refractivity contribution in [3.63, 3.8) is 0 Å². The minimum absolute atomic E-state index is 0.160. The molecule has 0 aromatic heterocycles. The first-order valence-corrected chi connectivity index (χ1v) is 9.44. The zero-order valence-electron chi connectivity index (χ0n) is 13.5. The zero-order valence-corrected chi connectivity index (χ0v) is 15.0. The second kappa shape index (κ2) is 6.53. The Kier molecular flexibility index (Phi) is 4.60. The van der Waals surface area contributed by atoms with Gasteiger partial charge in [0, 0.05) is 17.6 Å². The topological polar surface area (TPSA) is 55.8 Å². The lowest BCUT2D eigenvalue weighted by Gasteiger charge is -2.26. The molecule has 0 unspecified atom stereocenters. The Morgan fingerprint density at radius 1 is 1.08 bits per heavy atom. The number of ether oxygens (including phenoxy) is 2. The van der Waals surface area contributed by atoms with Gasteiger partial charge in [0.2, 0.25) is 0 Å². The lowest BCUT2D eigenvalue weighted by molar-refractivity contribution is 0.171. The zero-order chi connectivity index (χ0) is 17.3. The minimum atomic E-state index is -3.74. The second-order valence-corrected chi connectivity index (χ2v) is 7.70. The molecule has 0 fully saturated rings. The van der Waals surface area contributed by atoms with E-state index in [1.807, 2.05) is 6.92 Å². The molecule has 1 aliphatic rings. The summed E-state index contributed by atoms with van der Waals surface area (Å²) in [7, 11) is -3.74. The number of rotatable bonds is 4. The van der Waals surface area contributed by atoms with Gasteiger partial charge in [0.05, 0.1) is 10.6 Å².